The summed E-state index contributed by atoms with van der Waals surface area (Å²) in [6, 6.07) is 17.9. The minimum atomic E-state index is -0.699. The molecule has 36 heavy (non-hydrogen) atoms. The molecule has 8 nitrogen and oxygen atoms in total. The number of nitrogens with one attached hydrogen (secondary N) is 2. The molecule has 1 heterocycles. The zero-order valence-corrected chi connectivity index (χ0v) is 20.7. The Morgan fingerprint density at radius 3 is 2.69 bits per heavy atom. The zero-order chi connectivity index (χ0) is 26.1. The monoisotopic (exact) mass is 504 g/mol. The number of anilines is 2. The predicted octanol–water partition coefficient (Wildman–Crippen LogP) is 1.91. The molecule has 0 bridgehead atoms. The van der Waals surface area contributed by atoms with E-state index in [1.807, 2.05) is 42.3 Å². The van der Waals surface area contributed by atoms with Crippen molar-refractivity contribution < 1.29 is 9.18 Å². The maximum absolute atomic E-state index is 14.0. The molecule has 0 unspecified atom stereocenters. The van der Waals surface area contributed by atoms with E-state index in [-0.39, 0.29) is 34.7 Å². The van der Waals surface area contributed by atoms with Crippen molar-refractivity contribution >= 4 is 40.4 Å². The van der Waals surface area contributed by atoms with E-state index in [0.29, 0.717) is 23.2 Å². The number of halogens is 1. The fourth-order valence-electron chi connectivity index (χ4n) is 3.54. The summed E-state index contributed by atoms with van der Waals surface area (Å²) in [6.07, 6.45) is 2.24. The van der Waals surface area contributed by atoms with Gasteiger partial charge in [-0.15, -0.1) is 11.3 Å². The Hall–Kier alpha value is -4.41. The van der Waals surface area contributed by atoms with Gasteiger partial charge in [-0.1, -0.05) is 24.3 Å². The van der Waals surface area contributed by atoms with Crippen LogP contribution in [0.25, 0.3) is 11.8 Å². The number of hydrogen-bond donors (Lipinski definition) is 2. The van der Waals surface area contributed by atoms with Gasteiger partial charge in [-0.3, -0.25) is 14.2 Å². The maximum atomic E-state index is 14.0. The molecule has 0 spiro atoms. The number of carbonyl (C=O) groups excluding carboxylic acids is 1. The van der Waals surface area contributed by atoms with E-state index < -0.39 is 5.91 Å². The van der Waals surface area contributed by atoms with Crippen molar-refractivity contribution in [2.45, 2.75) is 19.9 Å². The third-order valence-electron chi connectivity index (χ3n) is 5.40. The number of aromatic nitrogens is 1. The summed E-state index contributed by atoms with van der Waals surface area (Å²) in [5, 5.41) is 23.6. The van der Waals surface area contributed by atoms with Crippen LogP contribution in [-0.4, -0.2) is 30.6 Å². The van der Waals surface area contributed by atoms with Crippen molar-refractivity contribution in [1.29, 1.82) is 10.5 Å². The van der Waals surface area contributed by atoms with Gasteiger partial charge >= 0.3 is 0 Å². The lowest BCUT2D eigenvalue weighted by Crippen LogP contribution is -2.34. The normalized spacial score (nSPS) is 11.9. The van der Waals surface area contributed by atoms with Gasteiger partial charge in [0.1, 0.15) is 27.6 Å². The number of likely N-dealkylation sites (N-methyl/N-ethyl adjacent to an activating group) is 1. The highest BCUT2D eigenvalue weighted by Crippen LogP contribution is 2.18. The highest BCUT2D eigenvalue weighted by Gasteiger charge is 2.15. The fourth-order valence-corrected chi connectivity index (χ4v) is 4.63. The Labute approximate surface area is 211 Å². The second-order valence-electron chi connectivity index (χ2n) is 7.76. The number of nitrogens with zero attached hydrogens (tertiary/aromatic N) is 4. The summed E-state index contributed by atoms with van der Waals surface area (Å²) in [6.45, 7) is 2.40. The van der Waals surface area contributed by atoms with Crippen LogP contribution in [0.2, 0.25) is 0 Å². The molecule has 1 aromatic heterocycles. The molecule has 2 aromatic carbocycles. The highest BCUT2D eigenvalue weighted by molar-refractivity contribution is 7.07. The molecule has 0 aliphatic heterocycles. The summed E-state index contributed by atoms with van der Waals surface area (Å²) < 4.78 is 15.9. The van der Waals surface area contributed by atoms with Gasteiger partial charge in [0.2, 0.25) is 0 Å². The molecule has 3 aromatic rings. The molecule has 0 atom stereocenters. The Morgan fingerprint density at radius 1 is 1.22 bits per heavy atom. The molecular weight excluding hydrogens is 479 g/mol. The van der Waals surface area contributed by atoms with Gasteiger partial charge in [-0.2, -0.15) is 10.5 Å². The third kappa shape index (κ3) is 6.17. The molecule has 3 rings (SSSR count). The average molecular weight is 505 g/mol. The van der Waals surface area contributed by atoms with Crippen LogP contribution < -0.4 is 30.3 Å². The van der Waals surface area contributed by atoms with Crippen LogP contribution in [0.15, 0.2) is 53.3 Å². The van der Waals surface area contributed by atoms with E-state index in [9.17, 15) is 19.2 Å². The van der Waals surface area contributed by atoms with Gasteiger partial charge in [0.25, 0.3) is 11.5 Å². The topological polar surface area (TPSA) is 114 Å². The quantitative estimate of drug-likeness (QED) is 0.431. The first-order valence-corrected chi connectivity index (χ1v) is 12.0. The van der Waals surface area contributed by atoms with E-state index in [1.165, 1.54) is 10.6 Å². The van der Waals surface area contributed by atoms with Crippen LogP contribution >= 0.6 is 11.3 Å². The largest absolute Gasteiger partial charge is 0.372 e. The molecule has 0 saturated heterocycles. The van der Waals surface area contributed by atoms with Gasteiger partial charge in [0, 0.05) is 32.0 Å². The smallest absolute Gasteiger partial charge is 0.270 e. The van der Waals surface area contributed by atoms with Crippen molar-refractivity contribution in [2.75, 3.05) is 30.4 Å². The predicted molar refractivity (Wildman–Crippen MR) is 139 cm³/mol. The molecule has 0 saturated carbocycles. The first kappa shape index (κ1) is 26.2. The minimum Gasteiger partial charge on any atom is -0.372 e. The zero-order valence-electron chi connectivity index (χ0n) is 19.9. The van der Waals surface area contributed by atoms with Crippen LogP contribution in [0, 0.1) is 28.5 Å². The number of benzene rings is 2. The van der Waals surface area contributed by atoms with Gasteiger partial charge in [0.05, 0.1) is 11.8 Å². The summed E-state index contributed by atoms with van der Waals surface area (Å²) in [5.74, 6) is -0.965. The number of thiazole rings is 1. The van der Waals surface area contributed by atoms with Gasteiger partial charge in [-0.25, -0.2) is 4.39 Å². The summed E-state index contributed by atoms with van der Waals surface area (Å²) in [4.78, 5) is 27.0. The van der Waals surface area contributed by atoms with Crippen molar-refractivity contribution in [3.63, 3.8) is 0 Å². The van der Waals surface area contributed by atoms with Crippen LogP contribution in [0.5, 0.6) is 0 Å². The fraction of sp³-hybridized carbons (Fsp3) is 0.231. The third-order valence-corrected chi connectivity index (χ3v) is 6.53. The lowest BCUT2D eigenvalue weighted by atomic mass is 10.1. The van der Waals surface area contributed by atoms with Crippen molar-refractivity contribution in [2.24, 2.45) is 0 Å². The van der Waals surface area contributed by atoms with E-state index in [4.69, 9.17) is 5.26 Å². The number of para-hydroxylation sites is 1. The van der Waals surface area contributed by atoms with Crippen molar-refractivity contribution in [1.82, 2.24) is 9.88 Å². The molecule has 0 radical (unpaired) electrons. The number of rotatable bonds is 9. The number of hydrogen-bond acceptors (Lipinski definition) is 7. The second-order valence-corrected chi connectivity index (χ2v) is 8.79. The highest BCUT2D eigenvalue weighted by atomic mass is 32.1. The van der Waals surface area contributed by atoms with Crippen LogP contribution in [0.1, 0.15) is 12.5 Å². The maximum Gasteiger partial charge on any atom is 0.270 e. The average Bonchev–Trinajstić information content (AvgIpc) is 3.20. The molecule has 2 N–H and O–H groups in total. The Bertz CT molecular complexity index is 1510. The number of nitriles is 2. The van der Waals surface area contributed by atoms with Gasteiger partial charge in [-0.05, 0) is 43.2 Å². The van der Waals surface area contributed by atoms with Gasteiger partial charge in [0.15, 0.2) is 5.57 Å². The first-order chi connectivity index (χ1) is 17.4. The van der Waals surface area contributed by atoms with Crippen LogP contribution in [0.4, 0.5) is 15.8 Å². The van der Waals surface area contributed by atoms with E-state index >= 15 is 0 Å². The van der Waals surface area contributed by atoms with E-state index in [2.05, 4.69) is 10.6 Å². The molecule has 10 heteroatoms. The molecule has 184 valence electrons. The summed E-state index contributed by atoms with van der Waals surface area (Å²) >= 11 is 1.03. The minimum absolute atomic E-state index is 0.213. The van der Waals surface area contributed by atoms with Crippen LogP contribution in [-0.2, 0) is 17.8 Å². The second kappa shape index (κ2) is 12.3. The standard InChI is InChI=1S/C26H25FN6O2S/c1-3-33-25(35)23(36-26(33)20(16-29)24(34)30-13-12-28)17-31-19-8-6-7-18(15-19)11-14-32(2)22-10-5-4-9-21(22)27/h4-10,15,17,31H,3,11,13-14H2,1-2H3,(H,30,34)/b23-17+,26-20-. The molecular formula is C26H25FN6O2S. The summed E-state index contributed by atoms with van der Waals surface area (Å²) in [5.41, 5.74) is 1.79. The SMILES string of the molecule is CCn1c(=O)/c(=C\Nc2cccc(CCN(C)c3ccccc3F)c2)s/c1=C(/C#N)C(=O)NCC#N. The lowest BCUT2D eigenvalue weighted by molar-refractivity contribution is -0.115. The van der Waals surface area contributed by atoms with Crippen molar-refractivity contribution in [3.05, 3.63) is 79.5 Å². The van der Waals surface area contributed by atoms with Crippen molar-refractivity contribution in [3.8, 4) is 12.1 Å². The van der Waals surface area contributed by atoms with E-state index in [0.717, 1.165) is 22.6 Å². The molecule has 0 aliphatic carbocycles. The number of carbonyl (C=O) groups is 1. The van der Waals surface area contributed by atoms with Gasteiger partial charge < -0.3 is 15.5 Å². The van der Waals surface area contributed by atoms with Crippen LogP contribution in [0.3, 0.4) is 0 Å². The Morgan fingerprint density at radius 2 is 2.00 bits per heavy atom. The molecule has 0 fully saturated rings. The first-order valence-electron chi connectivity index (χ1n) is 11.2. The summed E-state index contributed by atoms with van der Waals surface area (Å²) in [7, 11) is 1.84. The molecule has 0 aliphatic rings. The molecule has 1 amide bonds. The van der Waals surface area contributed by atoms with E-state index in [1.54, 1.807) is 37.4 Å². The Balaban J connectivity index is 1.82. The lowest BCUT2D eigenvalue weighted by Gasteiger charge is -2.20. The number of amides is 1. The Kier molecular flexibility index (Phi) is 8.98.